The summed E-state index contributed by atoms with van der Waals surface area (Å²) in [5.74, 6) is 0.887. The van der Waals surface area contributed by atoms with Gasteiger partial charge < -0.3 is 15.0 Å². The molecule has 1 atom stereocenters. The fraction of sp³-hybridized carbons (Fsp3) is 0.278. The van der Waals surface area contributed by atoms with Crippen molar-refractivity contribution in [3.8, 4) is 5.75 Å². The molecule has 0 heterocycles. The Bertz CT molecular complexity index is 647. The Hall–Kier alpha value is -1.85. The summed E-state index contributed by atoms with van der Waals surface area (Å²) in [6.45, 7) is 1.71. The van der Waals surface area contributed by atoms with Crippen molar-refractivity contribution in [1.29, 1.82) is 0 Å². The van der Waals surface area contributed by atoms with Gasteiger partial charge in [0.25, 0.3) is 5.91 Å². The van der Waals surface area contributed by atoms with E-state index in [4.69, 9.17) is 4.74 Å². The van der Waals surface area contributed by atoms with E-state index < -0.39 is 0 Å². The zero-order valence-corrected chi connectivity index (χ0v) is 15.0. The van der Waals surface area contributed by atoms with Gasteiger partial charge in [-0.05, 0) is 23.8 Å². The smallest absolute Gasteiger partial charge is 0.275 e. The number of carbonyl (C=O) groups excluding carboxylic acids is 1. The molecule has 0 fully saturated rings. The fourth-order valence-corrected chi connectivity index (χ4v) is 2.81. The molecule has 0 bridgehead atoms. The highest BCUT2D eigenvalue weighted by molar-refractivity contribution is 9.10. The van der Waals surface area contributed by atoms with E-state index in [1.807, 2.05) is 55.6 Å². The summed E-state index contributed by atoms with van der Waals surface area (Å²) < 4.78 is 6.39. The molecule has 0 radical (unpaired) electrons. The Morgan fingerprint density at radius 3 is 2.65 bits per heavy atom. The standard InChI is InChI=1S/C18H21BrN2O2/c1-21(12-15-10-16(19)8-9-17(15)23-2)13-18(22)20-11-14-6-4-3-5-7-14/h3-10H,11-13H2,1-2H3,(H,20,22)/p+1. The number of benzene rings is 2. The molecule has 0 saturated heterocycles. The monoisotopic (exact) mass is 377 g/mol. The third-order valence-electron chi connectivity index (χ3n) is 3.53. The molecule has 4 nitrogen and oxygen atoms in total. The zero-order valence-electron chi connectivity index (χ0n) is 13.4. The van der Waals surface area contributed by atoms with Crippen LogP contribution in [0.4, 0.5) is 0 Å². The van der Waals surface area contributed by atoms with Crippen LogP contribution in [0.2, 0.25) is 0 Å². The predicted octanol–water partition coefficient (Wildman–Crippen LogP) is 1.79. The molecule has 0 aliphatic rings. The van der Waals surface area contributed by atoms with Gasteiger partial charge in [0.2, 0.25) is 0 Å². The van der Waals surface area contributed by atoms with Crippen LogP contribution in [-0.2, 0) is 17.9 Å². The van der Waals surface area contributed by atoms with Gasteiger partial charge in [0.05, 0.1) is 14.2 Å². The molecule has 122 valence electrons. The summed E-state index contributed by atoms with van der Waals surface area (Å²) in [4.78, 5) is 13.2. The Morgan fingerprint density at radius 1 is 1.22 bits per heavy atom. The van der Waals surface area contributed by atoms with Gasteiger partial charge in [0.1, 0.15) is 12.3 Å². The molecule has 0 spiro atoms. The van der Waals surface area contributed by atoms with Gasteiger partial charge >= 0.3 is 0 Å². The highest BCUT2D eigenvalue weighted by Crippen LogP contribution is 2.21. The number of hydrogen-bond acceptors (Lipinski definition) is 2. The Kier molecular flexibility index (Phi) is 6.62. The zero-order chi connectivity index (χ0) is 16.7. The van der Waals surface area contributed by atoms with Crippen LogP contribution in [0.25, 0.3) is 0 Å². The highest BCUT2D eigenvalue weighted by Gasteiger charge is 2.13. The van der Waals surface area contributed by atoms with Gasteiger partial charge in [-0.1, -0.05) is 46.3 Å². The van der Waals surface area contributed by atoms with Crippen LogP contribution in [0.3, 0.4) is 0 Å². The third-order valence-corrected chi connectivity index (χ3v) is 4.02. The number of methoxy groups -OCH3 is 1. The molecule has 0 aromatic heterocycles. The molecular weight excluding hydrogens is 356 g/mol. The Labute approximate surface area is 145 Å². The average Bonchev–Trinajstić information content (AvgIpc) is 2.54. The molecule has 0 aliphatic carbocycles. The molecule has 23 heavy (non-hydrogen) atoms. The van der Waals surface area contributed by atoms with E-state index in [1.54, 1.807) is 7.11 Å². The number of halogens is 1. The minimum Gasteiger partial charge on any atom is -0.496 e. The van der Waals surface area contributed by atoms with Crippen LogP contribution < -0.4 is 15.0 Å². The quantitative estimate of drug-likeness (QED) is 0.772. The highest BCUT2D eigenvalue weighted by atomic mass is 79.9. The van der Waals surface area contributed by atoms with E-state index in [9.17, 15) is 4.79 Å². The number of hydrogen-bond donors (Lipinski definition) is 2. The first-order chi connectivity index (χ1) is 11.1. The van der Waals surface area contributed by atoms with E-state index in [0.717, 1.165) is 32.8 Å². The normalized spacial score (nSPS) is 11.8. The van der Waals surface area contributed by atoms with Gasteiger partial charge in [-0.2, -0.15) is 0 Å². The Balaban J connectivity index is 1.85. The number of likely N-dealkylation sites (N-methyl/N-ethyl adjacent to an activating group) is 1. The molecule has 2 rings (SSSR count). The lowest BCUT2D eigenvalue weighted by atomic mass is 10.2. The number of quaternary nitrogens is 1. The van der Waals surface area contributed by atoms with Crippen molar-refractivity contribution in [2.45, 2.75) is 13.1 Å². The fourth-order valence-electron chi connectivity index (χ4n) is 2.41. The van der Waals surface area contributed by atoms with Gasteiger partial charge in [0.15, 0.2) is 6.54 Å². The lowest BCUT2D eigenvalue weighted by molar-refractivity contribution is -0.885. The molecule has 1 unspecified atom stereocenters. The summed E-state index contributed by atoms with van der Waals surface area (Å²) >= 11 is 3.47. The van der Waals surface area contributed by atoms with Gasteiger partial charge in [-0.3, -0.25) is 4.79 Å². The topological polar surface area (TPSA) is 42.8 Å². The molecule has 1 amide bonds. The average molecular weight is 378 g/mol. The predicted molar refractivity (Wildman–Crippen MR) is 94.4 cm³/mol. The van der Waals surface area contributed by atoms with E-state index in [1.165, 1.54) is 0 Å². The number of nitrogens with one attached hydrogen (secondary N) is 2. The van der Waals surface area contributed by atoms with E-state index in [-0.39, 0.29) is 5.91 Å². The first-order valence-electron chi connectivity index (χ1n) is 7.53. The van der Waals surface area contributed by atoms with E-state index in [2.05, 4.69) is 21.2 Å². The molecule has 2 aromatic carbocycles. The lowest BCUT2D eigenvalue weighted by Gasteiger charge is -2.16. The summed E-state index contributed by atoms with van der Waals surface area (Å²) in [7, 11) is 3.66. The third kappa shape index (κ3) is 5.69. The van der Waals surface area contributed by atoms with Crippen LogP contribution in [0.1, 0.15) is 11.1 Å². The lowest BCUT2D eigenvalue weighted by Crippen LogP contribution is -3.08. The maximum atomic E-state index is 12.1. The molecular formula is C18H22BrN2O2+. The van der Waals surface area contributed by atoms with Crippen molar-refractivity contribution in [2.24, 2.45) is 0 Å². The van der Waals surface area contributed by atoms with Gasteiger partial charge in [0, 0.05) is 16.6 Å². The van der Waals surface area contributed by atoms with E-state index in [0.29, 0.717) is 13.1 Å². The summed E-state index contributed by atoms with van der Waals surface area (Å²) in [6, 6.07) is 15.8. The first-order valence-corrected chi connectivity index (χ1v) is 8.32. The minimum absolute atomic E-state index is 0.0420. The first kappa shape index (κ1) is 17.5. The second-order valence-corrected chi connectivity index (χ2v) is 6.44. The second kappa shape index (κ2) is 8.70. The van der Waals surface area contributed by atoms with Gasteiger partial charge in [-0.25, -0.2) is 0 Å². The van der Waals surface area contributed by atoms with Crippen molar-refractivity contribution >= 4 is 21.8 Å². The van der Waals surface area contributed by atoms with Crippen molar-refractivity contribution < 1.29 is 14.4 Å². The molecule has 2 aromatic rings. The van der Waals surface area contributed by atoms with Crippen LogP contribution in [0.15, 0.2) is 53.0 Å². The molecule has 0 saturated carbocycles. The number of amides is 1. The van der Waals surface area contributed by atoms with Crippen LogP contribution in [0, 0.1) is 0 Å². The molecule has 2 N–H and O–H groups in total. The van der Waals surface area contributed by atoms with Crippen LogP contribution in [0.5, 0.6) is 5.75 Å². The van der Waals surface area contributed by atoms with Crippen LogP contribution in [-0.4, -0.2) is 26.6 Å². The van der Waals surface area contributed by atoms with Crippen molar-refractivity contribution in [3.63, 3.8) is 0 Å². The van der Waals surface area contributed by atoms with E-state index >= 15 is 0 Å². The largest absolute Gasteiger partial charge is 0.496 e. The van der Waals surface area contributed by atoms with Crippen molar-refractivity contribution in [3.05, 3.63) is 64.1 Å². The number of rotatable bonds is 7. The summed E-state index contributed by atoms with van der Waals surface area (Å²) in [5, 5.41) is 2.96. The SMILES string of the molecule is COc1ccc(Br)cc1C[NH+](C)CC(=O)NCc1ccccc1. The molecule has 5 heteroatoms. The summed E-state index contributed by atoms with van der Waals surface area (Å²) in [6.07, 6.45) is 0. The number of carbonyl (C=O) groups is 1. The van der Waals surface area contributed by atoms with Crippen LogP contribution >= 0.6 is 15.9 Å². The molecule has 0 aliphatic heterocycles. The second-order valence-electron chi connectivity index (χ2n) is 5.53. The Morgan fingerprint density at radius 2 is 1.96 bits per heavy atom. The van der Waals surface area contributed by atoms with Crippen molar-refractivity contribution in [2.75, 3.05) is 20.7 Å². The maximum absolute atomic E-state index is 12.1. The van der Waals surface area contributed by atoms with Crippen molar-refractivity contribution in [1.82, 2.24) is 5.32 Å². The summed E-state index contributed by atoms with van der Waals surface area (Å²) in [5.41, 5.74) is 2.18. The maximum Gasteiger partial charge on any atom is 0.275 e. The number of ether oxygens (including phenoxy) is 1. The van der Waals surface area contributed by atoms with Gasteiger partial charge in [-0.15, -0.1) is 0 Å². The minimum atomic E-state index is 0.0420.